The van der Waals surface area contributed by atoms with E-state index in [1.165, 1.54) is 11.3 Å². The topological polar surface area (TPSA) is 51.2 Å². The van der Waals surface area contributed by atoms with Gasteiger partial charge in [-0.2, -0.15) is 0 Å². The predicted molar refractivity (Wildman–Crippen MR) is 58.0 cm³/mol. The minimum absolute atomic E-state index is 0.0816. The van der Waals surface area contributed by atoms with Crippen molar-refractivity contribution in [3.8, 4) is 0 Å². The molecular weight excluding hydrogens is 212 g/mol. The number of hydrogen-bond acceptors (Lipinski definition) is 4. The van der Waals surface area contributed by atoms with E-state index in [0.29, 0.717) is 18.2 Å². The minimum Gasteiger partial charge on any atom is -0.381 e. The first-order valence-corrected chi connectivity index (χ1v) is 6.04. The molecule has 15 heavy (non-hydrogen) atoms. The molecule has 1 N–H and O–H groups in total. The summed E-state index contributed by atoms with van der Waals surface area (Å²) in [5.74, 6) is 0.378. The number of rotatable bonds is 3. The van der Waals surface area contributed by atoms with E-state index < -0.39 is 0 Å². The van der Waals surface area contributed by atoms with Crippen molar-refractivity contribution in [3.05, 3.63) is 16.6 Å². The summed E-state index contributed by atoms with van der Waals surface area (Å²) in [5.41, 5.74) is 2.18. The molecule has 0 radical (unpaired) electrons. The number of aromatic nitrogens is 1. The third-order valence-corrected chi connectivity index (χ3v) is 3.06. The van der Waals surface area contributed by atoms with Crippen molar-refractivity contribution in [2.24, 2.45) is 5.92 Å². The second-order valence-corrected chi connectivity index (χ2v) is 4.39. The maximum absolute atomic E-state index is 11.5. The van der Waals surface area contributed by atoms with Crippen LogP contribution in [0.25, 0.3) is 0 Å². The first-order chi connectivity index (χ1) is 7.36. The molecule has 0 bridgehead atoms. The Morgan fingerprint density at radius 2 is 2.67 bits per heavy atom. The number of amides is 1. The number of hydrogen-bond donors (Lipinski definition) is 1. The van der Waals surface area contributed by atoms with Crippen LogP contribution in [0.3, 0.4) is 0 Å². The van der Waals surface area contributed by atoms with Gasteiger partial charge < -0.3 is 10.1 Å². The van der Waals surface area contributed by atoms with Crippen molar-refractivity contribution in [2.45, 2.75) is 12.8 Å². The summed E-state index contributed by atoms with van der Waals surface area (Å²) >= 11 is 1.43. The minimum atomic E-state index is -0.0816. The molecule has 1 saturated heterocycles. The number of carbonyl (C=O) groups is 1. The Morgan fingerprint density at radius 3 is 3.33 bits per heavy atom. The molecular formula is C10H14N2O2S. The van der Waals surface area contributed by atoms with Crippen molar-refractivity contribution in [1.29, 1.82) is 0 Å². The molecule has 0 saturated carbocycles. The quantitative estimate of drug-likeness (QED) is 0.845. The molecule has 1 aliphatic heterocycles. The highest BCUT2D eigenvalue weighted by Crippen LogP contribution is 2.12. The van der Waals surface area contributed by atoms with Crippen LogP contribution in [0.1, 0.15) is 23.3 Å². The fourth-order valence-electron chi connectivity index (χ4n) is 1.62. The van der Waals surface area contributed by atoms with Gasteiger partial charge in [0.25, 0.3) is 5.91 Å². The van der Waals surface area contributed by atoms with Gasteiger partial charge in [0.15, 0.2) is 0 Å². The van der Waals surface area contributed by atoms with Crippen LogP contribution in [-0.4, -0.2) is 30.6 Å². The summed E-state index contributed by atoms with van der Waals surface area (Å²) in [6.45, 7) is 2.31. The average Bonchev–Trinajstić information content (AvgIpc) is 2.81. The number of ether oxygens (including phenoxy) is 1. The Balaban J connectivity index is 1.75. The van der Waals surface area contributed by atoms with E-state index in [9.17, 15) is 4.79 Å². The van der Waals surface area contributed by atoms with Gasteiger partial charge in [0, 0.05) is 18.5 Å². The maximum Gasteiger partial charge on any atom is 0.270 e. The molecule has 2 heterocycles. The first-order valence-electron chi connectivity index (χ1n) is 5.10. The second kappa shape index (κ2) is 5.23. The third kappa shape index (κ3) is 3.00. The van der Waals surface area contributed by atoms with Crippen LogP contribution in [0.4, 0.5) is 0 Å². The van der Waals surface area contributed by atoms with Crippen molar-refractivity contribution in [2.75, 3.05) is 19.8 Å². The van der Waals surface area contributed by atoms with Crippen molar-refractivity contribution < 1.29 is 9.53 Å². The molecule has 0 spiro atoms. The molecule has 1 fully saturated rings. The van der Waals surface area contributed by atoms with Crippen LogP contribution in [0, 0.1) is 5.92 Å². The summed E-state index contributed by atoms with van der Waals surface area (Å²) in [5, 5.41) is 4.64. The van der Waals surface area contributed by atoms with Gasteiger partial charge in [-0.1, -0.05) is 0 Å². The average molecular weight is 226 g/mol. The standard InChI is InChI=1S/C10H14N2O2S/c13-10(9-6-15-7-12-9)11-4-8-2-1-3-14-5-8/h6-8H,1-5H2,(H,11,13). The summed E-state index contributed by atoms with van der Waals surface area (Å²) in [7, 11) is 0. The molecule has 1 amide bonds. The van der Waals surface area contributed by atoms with E-state index in [2.05, 4.69) is 10.3 Å². The van der Waals surface area contributed by atoms with Crippen molar-refractivity contribution in [3.63, 3.8) is 0 Å². The van der Waals surface area contributed by atoms with Gasteiger partial charge in [0.1, 0.15) is 5.69 Å². The van der Waals surface area contributed by atoms with Crippen molar-refractivity contribution in [1.82, 2.24) is 10.3 Å². The summed E-state index contributed by atoms with van der Waals surface area (Å²) in [4.78, 5) is 15.5. The van der Waals surface area contributed by atoms with Crippen LogP contribution in [-0.2, 0) is 4.74 Å². The fraction of sp³-hybridized carbons (Fsp3) is 0.600. The monoisotopic (exact) mass is 226 g/mol. The zero-order chi connectivity index (χ0) is 10.5. The predicted octanol–water partition coefficient (Wildman–Crippen LogP) is 1.30. The maximum atomic E-state index is 11.5. The van der Waals surface area contributed by atoms with Crippen LogP contribution in [0.5, 0.6) is 0 Å². The summed E-state index contributed by atoms with van der Waals surface area (Å²) in [6.07, 6.45) is 2.23. The SMILES string of the molecule is O=C(NCC1CCCOC1)c1cscn1. The Bertz CT molecular complexity index is 307. The number of thiazole rings is 1. The number of nitrogens with zero attached hydrogens (tertiary/aromatic N) is 1. The van der Waals surface area contributed by atoms with Gasteiger partial charge in [0.2, 0.25) is 0 Å². The Labute approximate surface area is 92.7 Å². The van der Waals surface area contributed by atoms with Gasteiger partial charge in [-0.3, -0.25) is 4.79 Å². The fourth-order valence-corrected chi connectivity index (χ4v) is 2.15. The molecule has 1 aromatic rings. The smallest absolute Gasteiger partial charge is 0.270 e. The number of carbonyl (C=O) groups excluding carboxylic acids is 1. The Hall–Kier alpha value is -0.940. The molecule has 2 rings (SSSR count). The zero-order valence-corrected chi connectivity index (χ0v) is 9.26. The largest absolute Gasteiger partial charge is 0.381 e. The Kier molecular flexibility index (Phi) is 3.69. The van der Waals surface area contributed by atoms with Crippen LogP contribution in [0.2, 0.25) is 0 Å². The molecule has 5 heteroatoms. The molecule has 1 unspecified atom stereocenters. The lowest BCUT2D eigenvalue weighted by Gasteiger charge is -2.21. The molecule has 1 atom stereocenters. The molecule has 0 aliphatic carbocycles. The van der Waals surface area contributed by atoms with E-state index >= 15 is 0 Å². The molecule has 0 aromatic carbocycles. The molecule has 1 aliphatic rings. The second-order valence-electron chi connectivity index (χ2n) is 3.67. The van der Waals surface area contributed by atoms with Gasteiger partial charge >= 0.3 is 0 Å². The summed E-state index contributed by atoms with van der Waals surface area (Å²) in [6, 6.07) is 0. The van der Waals surface area contributed by atoms with Gasteiger partial charge in [-0.05, 0) is 18.8 Å². The molecule has 82 valence electrons. The van der Waals surface area contributed by atoms with E-state index in [1.54, 1.807) is 10.9 Å². The van der Waals surface area contributed by atoms with Gasteiger partial charge in [-0.15, -0.1) is 11.3 Å². The third-order valence-electron chi connectivity index (χ3n) is 2.47. The lowest BCUT2D eigenvalue weighted by Crippen LogP contribution is -2.33. The van der Waals surface area contributed by atoms with E-state index in [-0.39, 0.29) is 5.91 Å². The normalized spacial score (nSPS) is 21.2. The molecule has 4 nitrogen and oxygen atoms in total. The zero-order valence-electron chi connectivity index (χ0n) is 8.44. The van der Waals surface area contributed by atoms with E-state index in [0.717, 1.165) is 26.1 Å². The van der Waals surface area contributed by atoms with Crippen LogP contribution in [0.15, 0.2) is 10.9 Å². The molecule has 1 aromatic heterocycles. The van der Waals surface area contributed by atoms with E-state index in [4.69, 9.17) is 4.74 Å². The van der Waals surface area contributed by atoms with Gasteiger partial charge in [-0.25, -0.2) is 4.98 Å². The van der Waals surface area contributed by atoms with Gasteiger partial charge in [0.05, 0.1) is 12.1 Å². The van der Waals surface area contributed by atoms with Crippen molar-refractivity contribution >= 4 is 17.2 Å². The number of nitrogens with one attached hydrogen (secondary N) is 1. The van der Waals surface area contributed by atoms with Crippen LogP contribution >= 0.6 is 11.3 Å². The highest BCUT2D eigenvalue weighted by molar-refractivity contribution is 7.07. The van der Waals surface area contributed by atoms with E-state index in [1.807, 2.05) is 0 Å². The lowest BCUT2D eigenvalue weighted by molar-refractivity contribution is 0.0536. The first kappa shape index (κ1) is 10.6. The lowest BCUT2D eigenvalue weighted by atomic mass is 10.0. The highest BCUT2D eigenvalue weighted by atomic mass is 32.1. The highest BCUT2D eigenvalue weighted by Gasteiger charge is 2.15. The summed E-state index contributed by atoms with van der Waals surface area (Å²) < 4.78 is 5.34. The van der Waals surface area contributed by atoms with Crippen LogP contribution < -0.4 is 5.32 Å². The Morgan fingerprint density at radius 1 is 1.73 bits per heavy atom.